The second-order valence-corrected chi connectivity index (χ2v) is 13.0. The first kappa shape index (κ1) is 29.1. The lowest BCUT2D eigenvalue weighted by molar-refractivity contribution is -0.140. The number of hydrogen-bond acceptors (Lipinski definition) is 6. The highest BCUT2D eigenvalue weighted by atomic mass is 35.5. The van der Waals surface area contributed by atoms with Crippen LogP contribution in [0, 0.1) is 23.7 Å². The number of phenols is 1. The summed E-state index contributed by atoms with van der Waals surface area (Å²) in [5.74, 6) is -0.904. The summed E-state index contributed by atoms with van der Waals surface area (Å²) in [5.41, 5.74) is 4.39. The van der Waals surface area contributed by atoms with Gasteiger partial charge in [0.2, 0.25) is 11.8 Å². The highest BCUT2D eigenvalue weighted by molar-refractivity contribution is 7.09. The minimum Gasteiger partial charge on any atom is -0.508 e. The van der Waals surface area contributed by atoms with Gasteiger partial charge in [-0.1, -0.05) is 62.1 Å². The van der Waals surface area contributed by atoms with E-state index in [1.165, 1.54) is 16.0 Å². The first-order valence-corrected chi connectivity index (χ1v) is 15.6. The van der Waals surface area contributed by atoms with E-state index in [0.717, 1.165) is 35.3 Å². The van der Waals surface area contributed by atoms with Gasteiger partial charge in [0, 0.05) is 4.88 Å². The number of carbonyl (C=O) groups is 2. The van der Waals surface area contributed by atoms with Crippen LogP contribution in [-0.2, 0) is 20.8 Å². The molecule has 0 saturated carbocycles. The molecule has 6 nitrogen and oxygen atoms in total. The number of thiophene rings is 1. The quantitative estimate of drug-likeness (QED) is 0.195. The van der Waals surface area contributed by atoms with Crippen LogP contribution < -0.4 is 0 Å². The van der Waals surface area contributed by atoms with Gasteiger partial charge >= 0.3 is 7.12 Å². The van der Waals surface area contributed by atoms with Crippen LogP contribution in [0.5, 0.6) is 5.75 Å². The fourth-order valence-electron chi connectivity index (χ4n) is 6.79. The van der Waals surface area contributed by atoms with Crippen LogP contribution in [-0.4, -0.2) is 40.1 Å². The lowest BCUT2D eigenvalue weighted by atomic mass is 9.57. The Morgan fingerprint density at radius 1 is 1.23 bits per heavy atom. The second kappa shape index (κ2) is 12.2. The smallest absolute Gasteiger partial charge is 0.455 e. The number of hydrogen-bond donors (Lipinski definition) is 2. The lowest BCUT2D eigenvalue weighted by Gasteiger charge is -2.44. The van der Waals surface area contributed by atoms with E-state index < -0.39 is 13.0 Å². The lowest BCUT2D eigenvalue weighted by Crippen LogP contribution is -2.46. The molecular weight excluding hydrogens is 545 g/mol. The Morgan fingerprint density at radius 3 is 2.70 bits per heavy atom. The third kappa shape index (κ3) is 5.82. The maximum Gasteiger partial charge on any atom is 0.455 e. The molecule has 2 N–H and O–H groups in total. The fourth-order valence-corrected chi connectivity index (χ4v) is 7.71. The van der Waals surface area contributed by atoms with Crippen LogP contribution in [0.1, 0.15) is 63.3 Å². The van der Waals surface area contributed by atoms with E-state index in [2.05, 4.69) is 26.8 Å². The summed E-state index contributed by atoms with van der Waals surface area (Å²) in [7, 11) is -0.981. The number of aromatic hydroxyl groups is 1. The van der Waals surface area contributed by atoms with Gasteiger partial charge in [-0.05, 0) is 84.6 Å². The van der Waals surface area contributed by atoms with E-state index in [9.17, 15) is 19.7 Å². The van der Waals surface area contributed by atoms with Gasteiger partial charge in [0.25, 0.3) is 0 Å². The molecule has 5 rings (SSSR count). The molecule has 2 saturated heterocycles. The van der Waals surface area contributed by atoms with Crippen molar-refractivity contribution in [1.82, 2.24) is 4.90 Å². The Balaban J connectivity index is 1.42. The number of imide groups is 1. The van der Waals surface area contributed by atoms with Crippen molar-refractivity contribution in [2.75, 3.05) is 0 Å². The molecule has 2 aromatic rings. The average Bonchev–Trinajstić information content (AvgIpc) is 3.50. The van der Waals surface area contributed by atoms with Gasteiger partial charge in [-0.3, -0.25) is 14.5 Å². The van der Waals surface area contributed by atoms with Gasteiger partial charge in [0.05, 0.1) is 29.5 Å². The molecule has 2 fully saturated rings. The number of amides is 2. The van der Waals surface area contributed by atoms with Crippen molar-refractivity contribution in [2.24, 2.45) is 23.7 Å². The third-order valence-corrected chi connectivity index (χ3v) is 9.76. The molecular formula is C31H37BClNO5S. The first-order chi connectivity index (χ1) is 19.2. The molecule has 1 aliphatic carbocycles. The Bertz CT molecular complexity index is 1320. The number of allylic oxidation sites excluding steroid dienone is 2. The zero-order valence-electron chi connectivity index (χ0n) is 23.3. The monoisotopic (exact) mass is 581 g/mol. The minimum absolute atomic E-state index is 0.0860. The van der Waals surface area contributed by atoms with E-state index in [-0.39, 0.29) is 41.4 Å². The van der Waals surface area contributed by atoms with Gasteiger partial charge in [-0.2, -0.15) is 0 Å². The van der Waals surface area contributed by atoms with E-state index >= 15 is 0 Å². The summed E-state index contributed by atoms with van der Waals surface area (Å²) < 4.78 is 6.18. The zero-order chi connectivity index (χ0) is 28.6. The molecule has 2 aliphatic heterocycles. The molecule has 0 bridgehead atoms. The zero-order valence-corrected chi connectivity index (χ0v) is 24.9. The van der Waals surface area contributed by atoms with Crippen LogP contribution in [0.25, 0.3) is 6.08 Å². The molecule has 0 spiro atoms. The fraction of sp³-hybridized carbons (Fsp3) is 0.484. The standard InChI is InChI=1S/C31H37BClNO5S/c1-4-6-19(13-20-9-10-21(35)14-26(20)33)8-11-27-28-23(18(2)3)15-24-29(25(28)16-32(38)39-27)31(37)34(30(24)36)17-22-7-5-12-40-22/h5,7,9-10,12-14,18,24-25,27,29,35,38H,4,6,8,11,15-17H2,1-3H3/b19-13+/t24-,25+,27-,29-/m1/s1. The van der Waals surface area contributed by atoms with E-state index in [1.807, 2.05) is 23.6 Å². The molecule has 1 aromatic heterocycles. The molecule has 1 aromatic carbocycles. The summed E-state index contributed by atoms with van der Waals surface area (Å²) >= 11 is 7.94. The number of benzene rings is 1. The third-order valence-electron chi connectivity index (χ3n) is 8.57. The van der Waals surface area contributed by atoms with Crippen LogP contribution in [0.4, 0.5) is 0 Å². The Kier molecular flexibility index (Phi) is 8.91. The summed E-state index contributed by atoms with van der Waals surface area (Å²) in [6.45, 7) is 6.73. The van der Waals surface area contributed by atoms with Crippen LogP contribution in [0.15, 0.2) is 52.4 Å². The Morgan fingerprint density at radius 2 is 2.02 bits per heavy atom. The number of rotatable bonds is 9. The molecule has 3 heterocycles. The summed E-state index contributed by atoms with van der Waals surface area (Å²) in [5, 5.41) is 23.0. The number of phenolic OH excluding ortho intramolecular Hbond substituents is 1. The van der Waals surface area contributed by atoms with Crippen LogP contribution in [0.2, 0.25) is 11.3 Å². The predicted octanol–water partition coefficient (Wildman–Crippen LogP) is 6.72. The number of fused-ring (bicyclic) bond motifs is 3. The highest BCUT2D eigenvalue weighted by Gasteiger charge is 2.57. The van der Waals surface area contributed by atoms with Crippen molar-refractivity contribution >= 4 is 47.9 Å². The van der Waals surface area contributed by atoms with E-state index in [0.29, 0.717) is 30.7 Å². The number of nitrogens with zero attached hydrogens (tertiary/aromatic N) is 1. The van der Waals surface area contributed by atoms with Crippen LogP contribution >= 0.6 is 22.9 Å². The molecule has 212 valence electrons. The van der Waals surface area contributed by atoms with Gasteiger partial charge < -0.3 is 14.8 Å². The predicted molar refractivity (Wildman–Crippen MR) is 160 cm³/mol. The Hall–Kier alpha value is -2.39. The van der Waals surface area contributed by atoms with Crippen molar-refractivity contribution in [1.29, 1.82) is 0 Å². The minimum atomic E-state index is -0.981. The molecule has 2 amide bonds. The average molecular weight is 582 g/mol. The summed E-state index contributed by atoms with van der Waals surface area (Å²) in [4.78, 5) is 29.7. The largest absolute Gasteiger partial charge is 0.508 e. The van der Waals surface area contributed by atoms with Gasteiger partial charge in [0.15, 0.2) is 0 Å². The van der Waals surface area contributed by atoms with E-state index in [1.54, 1.807) is 23.5 Å². The number of likely N-dealkylation sites (tertiary alicyclic amines) is 1. The van der Waals surface area contributed by atoms with Gasteiger partial charge in [-0.25, -0.2) is 0 Å². The molecule has 0 radical (unpaired) electrons. The van der Waals surface area contributed by atoms with Crippen LogP contribution in [0.3, 0.4) is 0 Å². The molecule has 9 heteroatoms. The molecule has 4 atom stereocenters. The number of carbonyl (C=O) groups excluding carboxylic acids is 2. The molecule has 3 aliphatic rings. The van der Waals surface area contributed by atoms with Crippen molar-refractivity contribution < 1.29 is 24.4 Å². The maximum atomic E-state index is 13.8. The van der Waals surface area contributed by atoms with Gasteiger partial charge in [-0.15, -0.1) is 11.3 Å². The van der Waals surface area contributed by atoms with Crippen molar-refractivity contribution in [3.8, 4) is 5.75 Å². The normalized spacial score (nSPS) is 25.2. The molecule has 0 unspecified atom stereocenters. The van der Waals surface area contributed by atoms with E-state index in [4.69, 9.17) is 16.3 Å². The molecule has 40 heavy (non-hydrogen) atoms. The Labute approximate surface area is 245 Å². The van der Waals surface area contributed by atoms with Crippen molar-refractivity contribution in [2.45, 2.75) is 71.8 Å². The van der Waals surface area contributed by atoms with Gasteiger partial charge in [0.1, 0.15) is 5.75 Å². The second-order valence-electron chi connectivity index (χ2n) is 11.5. The van der Waals surface area contributed by atoms with Crippen molar-refractivity contribution in [3.63, 3.8) is 0 Å². The maximum absolute atomic E-state index is 13.8. The number of halogens is 1. The highest BCUT2D eigenvalue weighted by Crippen LogP contribution is 2.52. The summed E-state index contributed by atoms with van der Waals surface area (Å²) in [6.07, 6.45) is 5.93. The SMILES string of the molecule is CCC/C(=C\c1ccc(O)cc1Cl)CC[C@H]1OB(O)C[C@H]2C1=C(C(C)C)C[C@H]1C(=O)N(Cc3cccs3)C(=O)[C@H]12. The van der Waals surface area contributed by atoms with Crippen molar-refractivity contribution in [3.05, 3.63) is 67.9 Å². The first-order valence-electron chi connectivity index (χ1n) is 14.3. The summed E-state index contributed by atoms with van der Waals surface area (Å²) in [6, 6.07) is 8.88. The topological polar surface area (TPSA) is 87.1 Å².